The predicted molar refractivity (Wildman–Crippen MR) is 71.0 cm³/mol. The summed E-state index contributed by atoms with van der Waals surface area (Å²) in [6, 6.07) is 4.82. The van der Waals surface area contributed by atoms with Crippen LogP contribution in [0.5, 0.6) is 0 Å². The highest BCUT2D eigenvalue weighted by Gasteiger charge is 2.19. The molecule has 4 heteroatoms. The molecular formula is C12H19N3S. The molecule has 16 heavy (non-hydrogen) atoms. The summed E-state index contributed by atoms with van der Waals surface area (Å²) in [6.07, 6.45) is 1.90. The van der Waals surface area contributed by atoms with Crippen LogP contribution in [-0.2, 0) is 0 Å². The van der Waals surface area contributed by atoms with Crippen LogP contribution in [0.4, 0.5) is 5.82 Å². The van der Waals surface area contributed by atoms with E-state index in [1.165, 1.54) is 11.5 Å². The molecule has 0 bridgehead atoms. The minimum Gasteiger partial charge on any atom is -0.352 e. The van der Waals surface area contributed by atoms with Gasteiger partial charge in [-0.2, -0.15) is 11.8 Å². The fraction of sp³-hybridized carbons (Fsp3) is 0.583. The summed E-state index contributed by atoms with van der Waals surface area (Å²) in [5.41, 5.74) is 6.91. The average molecular weight is 237 g/mol. The Bertz CT molecular complexity index is 337. The number of thioether (sulfide) groups is 1. The molecule has 3 nitrogen and oxygen atoms in total. The van der Waals surface area contributed by atoms with Crippen molar-refractivity contribution in [2.45, 2.75) is 25.9 Å². The molecular weight excluding hydrogens is 218 g/mol. The van der Waals surface area contributed by atoms with Gasteiger partial charge in [0.05, 0.1) is 0 Å². The highest BCUT2D eigenvalue weighted by Crippen LogP contribution is 2.22. The van der Waals surface area contributed by atoms with Gasteiger partial charge in [-0.3, -0.25) is 0 Å². The molecule has 0 aliphatic carbocycles. The Morgan fingerprint density at radius 2 is 2.38 bits per heavy atom. The van der Waals surface area contributed by atoms with Crippen molar-refractivity contribution in [2.75, 3.05) is 23.0 Å². The summed E-state index contributed by atoms with van der Waals surface area (Å²) in [5.74, 6) is 3.47. The summed E-state index contributed by atoms with van der Waals surface area (Å²) in [7, 11) is 0. The fourth-order valence-corrected chi connectivity index (χ4v) is 2.92. The van der Waals surface area contributed by atoms with E-state index in [1.807, 2.05) is 24.9 Å². The van der Waals surface area contributed by atoms with E-state index >= 15 is 0 Å². The van der Waals surface area contributed by atoms with Crippen LogP contribution in [0.15, 0.2) is 18.3 Å². The molecule has 0 amide bonds. The van der Waals surface area contributed by atoms with Crippen molar-refractivity contribution in [3.05, 3.63) is 23.9 Å². The molecule has 2 rings (SSSR count). The Balaban J connectivity index is 2.14. The first-order valence-electron chi connectivity index (χ1n) is 5.74. The van der Waals surface area contributed by atoms with E-state index in [0.29, 0.717) is 6.04 Å². The smallest absolute Gasteiger partial charge is 0.128 e. The molecule has 2 unspecified atom stereocenters. The third-order valence-electron chi connectivity index (χ3n) is 2.96. The third-order valence-corrected chi connectivity index (χ3v) is 4.15. The summed E-state index contributed by atoms with van der Waals surface area (Å²) in [5, 5.41) is 0. The zero-order valence-corrected chi connectivity index (χ0v) is 10.7. The number of nitrogens with two attached hydrogens (primary N) is 1. The maximum atomic E-state index is 5.81. The Hall–Kier alpha value is -0.740. The Kier molecular flexibility index (Phi) is 3.71. The third kappa shape index (κ3) is 2.50. The second-order valence-electron chi connectivity index (χ2n) is 4.36. The maximum Gasteiger partial charge on any atom is 0.128 e. The number of anilines is 1. The van der Waals surface area contributed by atoms with E-state index in [4.69, 9.17) is 5.73 Å². The number of nitrogens with zero attached hydrogens (tertiary/aromatic N) is 2. The molecule has 1 aliphatic heterocycles. The van der Waals surface area contributed by atoms with E-state index < -0.39 is 0 Å². The van der Waals surface area contributed by atoms with Gasteiger partial charge < -0.3 is 10.6 Å². The quantitative estimate of drug-likeness (QED) is 0.855. The lowest BCUT2D eigenvalue weighted by atomic mass is 10.1. The zero-order valence-electron chi connectivity index (χ0n) is 9.89. The Labute approximate surface area is 101 Å². The van der Waals surface area contributed by atoms with Crippen LogP contribution >= 0.6 is 11.8 Å². The van der Waals surface area contributed by atoms with Gasteiger partial charge >= 0.3 is 0 Å². The minimum absolute atomic E-state index is 0.0656. The summed E-state index contributed by atoms with van der Waals surface area (Å²) in [6.45, 7) is 5.33. The lowest BCUT2D eigenvalue weighted by Gasteiger charge is -2.34. The maximum absolute atomic E-state index is 5.81. The van der Waals surface area contributed by atoms with Crippen molar-refractivity contribution in [1.82, 2.24) is 4.98 Å². The van der Waals surface area contributed by atoms with Crippen LogP contribution in [0, 0.1) is 0 Å². The van der Waals surface area contributed by atoms with E-state index in [-0.39, 0.29) is 6.04 Å². The van der Waals surface area contributed by atoms with Gasteiger partial charge in [-0.05, 0) is 25.5 Å². The first-order chi connectivity index (χ1) is 7.68. The summed E-state index contributed by atoms with van der Waals surface area (Å²) in [4.78, 5) is 6.89. The molecule has 1 fully saturated rings. The van der Waals surface area contributed by atoms with Gasteiger partial charge in [0.15, 0.2) is 0 Å². The van der Waals surface area contributed by atoms with Gasteiger partial charge in [0.2, 0.25) is 0 Å². The SMILES string of the molecule is CC(N)c1ccc(N2CCSCC2C)nc1. The van der Waals surface area contributed by atoms with Crippen molar-refractivity contribution in [3.63, 3.8) is 0 Å². The predicted octanol–water partition coefficient (Wildman–Crippen LogP) is 2.04. The summed E-state index contributed by atoms with van der Waals surface area (Å²) >= 11 is 2.02. The largest absolute Gasteiger partial charge is 0.352 e. The number of hydrogen-bond donors (Lipinski definition) is 1. The highest BCUT2D eigenvalue weighted by atomic mass is 32.2. The van der Waals surface area contributed by atoms with Gasteiger partial charge in [0.25, 0.3) is 0 Å². The van der Waals surface area contributed by atoms with Crippen molar-refractivity contribution in [2.24, 2.45) is 5.73 Å². The monoisotopic (exact) mass is 237 g/mol. The minimum atomic E-state index is 0.0656. The van der Waals surface area contributed by atoms with E-state index in [0.717, 1.165) is 17.9 Å². The van der Waals surface area contributed by atoms with Crippen LogP contribution in [0.3, 0.4) is 0 Å². The van der Waals surface area contributed by atoms with Gasteiger partial charge in [-0.1, -0.05) is 6.07 Å². The Morgan fingerprint density at radius 3 is 2.94 bits per heavy atom. The van der Waals surface area contributed by atoms with Crippen molar-refractivity contribution >= 4 is 17.6 Å². The molecule has 0 spiro atoms. The van der Waals surface area contributed by atoms with Crippen LogP contribution in [0.1, 0.15) is 25.5 Å². The molecule has 2 N–H and O–H groups in total. The average Bonchev–Trinajstić information content (AvgIpc) is 2.30. The van der Waals surface area contributed by atoms with Crippen LogP contribution < -0.4 is 10.6 Å². The van der Waals surface area contributed by atoms with Crippen molar-refractivity contribution in [3.8, 4) is 0 Å². The standard InChI is InChI=1S/C12H19N3S/c1-9-8-16-6-5-15(9)12-4-3-11(7-14-12)10(2)13/h3-4,7,9-10H,5-6,8,13H2,1-2H3. The van der Waals surface area contributed by atoms with E-state index in [1.54, 1.807) is 0 Å². The second-order valence-corrected chi connectivity index (χ2v) is 5.51. The molecule has 1 aliphatic rings. The van der Waals surface area contributed by atoms with Gasteiger partial charge in [-0.15, -0.1) is 0 Å². The van der Waals surface area contributed by atoms with Crippen LogP contribution in [0.25, 0.3) is 0 Å². The van der Waals surface area contributed by atoms with Gasteiger partial charge in [-0.25, -0.2) is 4.98 Å². The van der Waals surface area contributed by atoms with Gasteiger partial charge in [0.1, 0.15) is 5.82 Å². The molecule has 0 aromatic carbocycles. The van der Waals surface area contributed by atoms with E-state index in [2.05, 4.69) is 28.9 Å². The number of aromatic nitrogens is 1. The Morgan fingerprint density at radius 1 is 1.56 bits per heavy atom. The molecule has 0 radical (unpaired) electrons. The molecule has 88 valence electrons. The molecule has 2 heterocycles. The van der Waals surface area contributed by atoms with Crippen molar-refractivity contribution < 1.29 is 0 Å². The molecule has 1 aromatic heterocycles. The molecule has 1 saturated heterocycles. The van der Waals surface area contributed by atoms with Crippen LogP contribution in [-0.4, -0.2) is 29.1 Å². The lowest BCUT2D eigenvalue weighted by Crippen LogP contribution is -2.40. The zero-order chi connectivity index (χ0) is 11.5. The summed E-state index contributed by atoms with van der Waals surface area (Å²) < 4.78 is 0. The topological polar surface area (TPSA) is 42.1 Å². The highest BCUT2D eigenvalue weighted by molar-refractivity contribution is 7.99. The number of pyridine rings is 1. The number of rotatable bonds is 2. The first-order valence-corrected chi connectivity index (χ1v) is 6.90. The van der Waals surface area contributed by atoms with E-state index in [9.17, 15) is 0 Å². The van der Waals surface area contributed by atoms with Gasteiger partial charge in [0, 0.05) is 36.3 Å². The molecule has 0 saturated carbocycles. The fourth-order valence-electron chi connectivity index (χ4n) is 1.90. The van der Waals surface area contributed by atoms with Crippen LogP contribution in [0.2, 0.25) is 0 Å². The lowest BCUT2D eigenvalue weighted by molar-refractivity contribution is 0.688. The first kappa shape index (κ1) is 11.7. The molecule has 2 atom stereocenters. The second kappa shape index (κ2) is 5.06. The normalized spacial score (nSPS) is 23.2. The molecule has 1 aromatic rings. The van der Waals surface area contributed by atoms with Crippen molar-refractivity contribution in [1.29, 1.82) is 0 Å². The number of hydrogen-bond acceptors (Lipinski definition) is 4.